The highest BCUT2D eigenvalue weighted by atomic mass is 32.1. The van der Waals surface area contributed by atoms with Gasteiger partial charge in [0.25, 0.3) is 11.6 Å². The third kappa shape index (κ3) is 6.00. The van der Waals surface area contributed by atoms with Gasteiger partial charge < -0.3 is 10.1 Å². The molecule has 0 fully saturated rings. The summed E-state index contributed by atoms with van der Waals surface area (Å²) in [4.78, 5) is 27.7. The lowest BCUT2D eigenvalue weighted by Crippen LogP contribution is -2.20. The van der Waals surface area contributed by atoms with E-state index in [2.05, 4.69) is 16.4 Å². The van der Waals surface area contributed by atoms with Crippen LogP contribution in [0.1, 0.15) is 16.1 Å². The number of ether oxygens (including phenoxy) is 1. The van der Waals surface area contributed by atoms with Crippen LogP contribution in [-0.4, -0.2) is 22.4 Å². The SMILES string of the molecule is Cc1ccc(-c2csc(C(C#N)=Cc3cc([N+](=O)[O-])ccc3OCC(=O)Nc3ccccc3)n2)cc1. The number of non-ortho nitro benzene ring substituents is 1. The second kappa shape index (κ2) is 11.1. The van der Waals surface area contributed by atoms with Gasteiger partial charge in [-0.25, -0.2) is 4.98 Å². The van der Waals surface area contributed by atoms with Gasteiger partial charge in [0.2, 0.25) is 0 Å². The number of aromatic nitrogens is 1. The van der Waals surface area contributed by atoms with Gasteiger partial charge in [0.1, 0.15) is 16.8 Å². The molecule has 0 saturated carbocycles. The van der Waals surface area contributed by atoms with Crippen molar-refractivity contribution in [1.29, 1.82) is 5.26 Å². The average Bonchev–Trinajstić information content (AvgIpc) is 3.37. The molecule has 0 saturated heterocycles. The fourth-order valence-corrected chi connectivity index (χ4v) is 4.10. The van der Waals surface area contributed by atoms with Crippen LogP contribution < -0.4 is 10.1 Å². The second-order valence-electron chi connectivity index (χ2n) is 7.76. The van der Waals surface area contributed by atoms with E-state index in [9.17, 15) is 20.2 Å². The summed E-state index contributed by atoms with van der Waals surface area (Å²) in [6.07, 6.45) is 1.48. The van der Waals surface area contributed by atoms with E-state index in [1.807, 2.05) is 42.6 Å². The Morgan fingerprint density at radius 1 is 1.17 bits per heavy atom. The molecule has 1 amide bonds. The topological polar surface area (TPSA) is 118 Å². The molecule has 3 aromatic carbocycles. The lowest BCUT2D eigenvalue weighted by Gasteiger charge is -2.10. The summed E-state index contributed by atoms with van der Waals surface area (Å²) in [5.74, 6) is -0.162. The maximum absolute atomic E-state index is 12.3. The number of nitrogens with one attached hydrogen (secondary N) is 1. The van der Waals surface area contributed by atoms with Crippen molar-refractivity contribution < 1.29 is 14.5 Å². The zero-order chi connectivity index (χ0) is 25.5. The van der Waals surface area contributed by atoms with Gasteiger partial charge in [-0.05, 0) is 31.2 Å². The van der Waals surface area contributed by atoms with Crippen molar-refractivity contribution in [3.05, 3.63) is 104 Å². The first-order chi connectivity index (χ1) is 17.4. The van der Waals surface area contributed by atoms with Crippen molar-refractivity contribution in [3.8, 4) is 23.1 Å². The molecule has 4 rings (SSSR count). The number of allylic oxidation sites excluding steroid dienone is 1. The highest BCUT2D eigenvalue weighted by molar-refractivity contribution is 7.11. The van der Waals surface area contributed by atoms with Gasteiger partial charge in [-0.2, -0.15) is 5.26 Å². The van der Waals surface area contributed by atoms with E-state index >= 15 is 0 Å². The summed E-state index contributed by atoms with van der Waals surface area (Å²) in [6.45, 7) is 1.68. The monoisotopic (exact) mass is 496 g/mol. The van der Waals surface area contributed by atoms with Crippen LogP contribution in [0, 0.1) is 28.4 Å². The van der Waals surface area contributed by atoms with Crippen molar-refractivity contribution >= 4 is 40.3 Å². The molecule has 0 spiro atoms. The lowest BCUT2D eigenvalue weighted by molar-refractivity contribution is -0.384. The Labute approximate surface area is 211 Å². The number of nitrogens with zero attached hydrogens (tertiary/aromatic N) is 3. The van der Waals surface area contributed by atoms with Crippen LogP contribution in [0.3, 0.4) is 0 Å². The number of hydrogen-bond acceptors (Lipinski definition) is 7. The first-order valence-electron chi connectivity index (χ1n) is 10.8. The van der Waals surface area contributed by atoms with E-state index in [-0.39, 0.29) is 23.6 Å². The molecule has 0 aliphatic heterocycles. The normalized spacial score (nSPS) is 10.9. The quantitative estimate of drug-likeness (QED) is 0.179. The fraction of sp³-hybridized carbons (Fsp3) is 0.0741. The van der Waals surface area contributed by atoms with Gasteiger partial charge in [-0.3, -0.25) is 14.9 Å². The highest BCUT2D eigenvalue weighted by Gasteiger charge is 2.15. The van der Waals surface area contributed by atoms with Crippen LogP contribution in [0.25, 0.3) is 22.9 Å². The lowest BCUT2D eigenvalue weighted by atomic mass is 10.1. The number of carbonyl (C=O) groups excluding carboxylic acids is 1. The van der Waals surface area contributed by atoms with Crippen LogP contribution in [0.2, 0.25) is 0 Å². The zero-order valence-electron chi connectivity index (χ0n) is 19.2. The zero-order valence-corrected chi connectivity index (χ0v) is 20.0. The van der Waals surface area contributed by atoms with E-state index in [1.54, 1.807) is 24.3 Å². The minimum atomic E-state index is -0.534. The number of nitriles is 1. The summed E-state index contributed by atoms with van der Waals surface area (Å²) < 4.78 is 5.67. The molecule has 9 heteroatoms. The summed E-state index contributed by atoms with van der Waals surface area (Å²) in [6, 6.07) is 22.9. The summed E-state index contributed by atoms with van der Waals surface area (Å²) in [7, 11) is 0. The summed E-state index contributed by atoms with van der Waals surface area (Å²) in [5, 5.41) is 26.2. The number of aryl methyl sites for hydroxylation is 1. The minimum Gasteiger partial charge on any atom is -0.483 e. The molecule has 36 heavy (non-hydrogen) atoms. The molecule has 0 bridgehead atoms. The molecule has 1 aromatic heterocycles. The smallest absolute Gasteiger partial charge is 0.270 e. The van der Waals surface area contributed by atoms with Crippen LogP contribution in [0.15, 0.2) is 78.2 Å². The van der Waals surface area contributed by atoms with E-state index in [0.717, 1.165) is 16.8 Å². The van der Waals surface area contributed by atoms with Crippen molar-refractivity contribution in [3.63, 3.8) is 0 Å². The predicted octanol–water partition coefficient (Wildman–Crippen LogP) is 6.11. The van der Waals surface area contributed by atoms with Crippen molar-refractivity contribution in [2.24, 2.45) is 0 Å². The molecule has 4 aromatic rings. The van der Waals surface area contributed by atoms with Gasteiger partial charge in [-0.1, -0.05) is 48.0 Å². The Bertz CT molecular complexity index is 1470. The highest BCUT2D eigenvalue weighted by Crippen LogP contribution is 2.31. The molecule has 0 atom stereocenters. The minimum absolute atomic E-state index is 0.167. The van der Waals surface area contributed by atoms with Gasteiger partial charge in [0.15, 0.2) is 6.61 Å². The number of para-hydroxylation sites is 1. The number of carbonyl (C=O) groups is 1. The van der Waals surface area contributed by atoms with Gasteiger partial charge in [0, 0.05) is 34.3 Å². The van der Waals surface area contributed by atoms with E-state index in [1.165, 1.54) is 35.6 Å². The molecule has 178 valence electrons. The number of nitro groups is 1. The van der Waals surface area contributed by atoms with E-state index in [0.29, 0.717) is 16.3 Å². The number of amides is 1. The molecule has 1 N–H and O–H groups in total. The first-order valence-corrected chi connectivity index (χ1v) is 11.7. The molecule has 8 nitrogen and oxygen atoms in total. The molecule has 0 unspecified atom stereocenters. The Morgan fingerprint density at radius 3 is 2.61 bits per heavy atom. The van der Waals surface area contributed by atoms with Crippen molar-refractivity contribution in [2.75, 3.05) is 11.9 Å². The van der Waals surface area contributed by atoms with Crippen LogP contribution in [0.4, 0.5) is 11.4 Å². The average molecular weight is 497 g/mol. The third-order valence-electron chi connectivity index (χ3n) is 5.12. The number of benzene rings is 3. The number of nitro benzene ring substituents is 1. The number of rotatable bonds is 8. The largest absolute Gasteiger partial charge is 0.483 e. The molecular formula is C27H20N4O4S. The van der Waals surface area contributed by atoms with Crippen LogP contribution in [0.5, 0.6) is 5.75 Å². The maximum atomic E-state index is 12.3. The Balaban J connectivity index is 1.60. The van der Waals surface area contributed by atoms with Gasteiger partial charge >= 0.3 is 0 Å². The van der Waals surface area contributed by atoms with Crippen LogP contribution >= 0.6 is 11.3 Å². The van der Waals surface area contributed by atoms with Crippen molar-refractivity contribution in [1.82, 2.24) is 4.98 Å². The molecule has 0 aliphatic rings. The maximum Gasteiger partial charge on any atom is 0.270 e. The number of hydrogen-bond donors (Lipinski definition) is 1. The number of thiazole rings is 1. The Hall–Kier alpha value is -4.81. The molecule has 1 heterocycles. The Morgan fingerprint density at radius 2 is 1.92 bits per heavy atom. The van der Waals surface area contributed by atoms with E-state index < -0.39 is 10.8 Å². The first kappa shape index (κ1) is 24.3. The molecule has 0 aliphatic carbocycles. The molecule has 0 radical (unpaired) electrons. The number of anilines is 1. The fourth-order valence-electron chi connectivity index (χ4n) is 3.31. The standard InChI is InChI=1S/C27H20N4O4S/c1-18-7-9-19(10-8-18)24-17-36-27(30-24)21(15-28)13-20-14-23(31(33)34)11-12-25(20)35-16-26(32)29-22-5-3-2-4-6-22/h2-14,17H,16H2,1H3,(H,29,32). The van der Waals surface area contributed by atoms with E-state index in [4.69, 9.17) is 4.74 Å². The van der Waals surface area contributed by atoms with Crippen LogP contribution in [-0.2, 0) is 4.79 Å². The Kier molecular flexibility index (Phi) is 7.48. The summed E-state index contributed by atoms with van der Waals surface area (Å²) in [5.41, 5.74) is 3.74. The third-order valence-corrected chi connectivity index (χ3v) is 6.00. The van der Waals surface area contributed by atoms with Gasteiger partial charge in [-0.15, -0.1) is 11.3 Å². The second-order valence-corrected chi connectivity index (χ2v) is 8.61. The summed E-state index contributed by atoms with van der Waals surface area (Å²) >= 11 is 1.30. The van der Waals surface area contributed by atoms with Gasteiger partial charge in [0.05, 0.1) is 16.2 Å². The predicted molar refractivity (Wildman–Crippen MR) is 139 cm³/mol. The molecular weight excluding hydrogens is 476 g/mol. The van der Waals surface area contributed by atoms with Crippen molar-refractivity contribution in [2.45, 2.75) is 6.92 Å².